The van der Waals surface area contributed by atoms with E-state index in [1.165, 1.54) is 12.8 Å². The van der Waals surface area contributed by atoms with Gasteiger partial charge in [-0.3, -0.25) is 4.79 Å². The number of benzene rings is 1. The summed E-state index contributed by atoms with van der Waals surface area (Å²) in [6, 6.07) is 10.0. The second kappa shape index (κ2) is 6.12. The van der Waals surface area contributed by atoms with E-state index in [2.05, 4.69) is 16.5 Å². The first-order chi connectivity index (χ1) is 10.2. The second-order valence-corrected chi connectivity index (χ2v) is 5.82. The van der Waals surface area contributed by atoms with E-state index in [1.54, 1.807) is 6.20 Å². The topological polar surface area (TPSA) is 46.9 Å². The molecule has 2 aromatic rings. The minimum atomic E-state index is 0.0206. The minimum absolute atomic E-state index is 0.0206. The minimum Gasteiger partial charge on any atom is -0.350 e. The summed E-state index contributed by atoms with van der Waals surface area (Å²) in [4.78, 5) is 11.9. The Morgan fingerprint density at radius 3 is 3.00 bits per heavy atom. The van der Waals surface area contributed by atoms with E-state index in [4.69, 9.17) is 0 Å². The van der Waals surface area contributed by atoms with E-state index in [0.29, 0.717) is 6.42 Å². The number of aromatic nitrogens is 2. The Kier molecular flexibility index (Phi) is 4.04. The van der Waals surface area contributed by atoms with Gasteiger partial charge in [-0.2, -0.15) is 5.10 Å². The molecule has 0 bridgehead atoms. The summed E-state index contributed by atoms with van der Waals surface area (Å²) in [5.41, 5.74) is 2.11. The van der Waals surface area contributed by atoms with Gasteiger partial charge in [0.2, 0.25) is 5.91 Å². The highest BCUT2D eigenvalue weighted by atomic mass is 16.1. The van der Waals surface area contributed by atoms with E-state index in [-0.39, 0.29) is 11.9 Å². The van der Waals surface area contributed by atoms with Crippen molar-refractivity contribution in [1.82, 2.24) is 15.1 Å². The van der Waals surface area contributed by atoms with Crippen molar-refractivity contribution >= 4 is 5.91 Å². The van der Waals surface area contributed by atoms with Crippen LogP contribution in [-0.2, 0) is 4.79 Å². The van der Waals surface area contributed by atoms with Gasteiger partial charge in [0.15, 0.2) is 0 Å². The maximum absolute atomic E-state index is 11.9. The molecule has 1 atom stereocenters. The summed E-state index contributed by atoms with van der Waals surface area (Å²) in [5, 5.41) is 7.32. The van der Waals surface area contributed by atoms with Crippen molar-refractivity contribution in [3.63, 3.8) is 0 Å². The molecule has 1 aromatic heterocycles. The third kappa shape index (κ3) is 3.72. The molecule has 1 heterocycles. The number of carbonyl (C=O) groups excluding carboxylic acids is 1. The Labute approximate surface area is 125 Å². The summed E-state index contributed by atoms with van der Waals surface area (Å²) < 4.78 is 1.82. The lowest BCUT2D eigenvalue weighted by molar-refractivity contribution is -0.121. The van der Waals surface area contributed by atoms with Crippen LogP contribution in [0, 0.1) is 5.92 Å². The number of rotatable bonds is 6. The molecule has 0 radical (unpaired) electrons. The summed E-state index contributed by atoms with van der Waals surface area (Å²) in [5.74, 6) is 0.952. The van der Waals surface area contributed by atoms with E-state index in [9.17, 15) is 4.79 Å². The Balaban J connectivity index is 1.62. The molecule has 1 aliphatic rings. The zero-order valence-electron chi connectivity index (χ0n) is 12.3. The van der Waals surface area contributed by atoms with Gasteiger partial charge < -0.3 is 5.32 Å². The third-order valence-corrected chi connectivity index (χ3v) is 3.99. The number of hydrogen-bond donors (Lipinski definition) is 1. The molecule has 0 aliphatic heterocycles. The second-order valence-electron chi connectivity index (χ2n) is 5.82. The van der Waals surface area contributed by atoms with Crippen molar-refractivity contribution in [2.45, 2.75) is 38.6 Å². The molecule has 1 aliphatic carbocycles. The van der Waals surface area contributed by atoms with Gasteiger partial charge in [-0.15, -0.1) is 0 Å². The van der Waals surface area contributed by atoms with Gasteiger partial charge in [0, 0.05) is 18.8 Å². The predicted octanol–water partition coefficient (Wildman–Crippen LogP) is 3.24. The molecule has 0 unspecified atom stereocenters. The molecule has 1 N–H and O–H groups in total. The maximum atomic E-state index is 11.9. The number of nitrogens with one attached hydrogen (secondary N) is 1. The van der Waals surface area contributed by atoms with Crippen LogP contribution in [0.2, 0.25) is 0 Å². The molecule has 21 heavy (non-hydrogen) atoms. The first kappa shape index (κ1) is 13.9. The monoisotopic (exact) mass is 283 g/mol. The van der Waals surface area contributed by atoms with Gasteiger partial charge >= 0.3 is 0 Å². The molecular weight excluding hydrogens is 262 g/mol. The fourth-order valence-corrected chi connectivity index (χ4v) is 2.50. The van der Waals surface area contributed by atoms with Crippen LogP contribution in [0.4, 0.5) is 0 Å². The Morgan fingerprint density at radius 1 is 1.43 bits per heavy atom. The molecule has 1 fully saturated rings. The van der Waals surface area contributed by atoms with Crippen LogP contribution in [0.15, 0.2) is 42.7 Å². The molecule has 0 saturated heterocycles. The quantitative estimate of drug-likeness (QED) is 0.884. The highest BCUT2D eigenvalue weighted by molar-refractivity contribution is 5.76. The van der Waals surface area contributed by atoms with Gasteiger partial charge in [0.05, 0.1) is 11.7 Å². The van der Waals surface area contributed by atoms with Crippen molar-refractivity contribution in [3.05, 3.63) is 48.3 Å². The first-order valence-corrected chi connectivity index (χ1v) is 7.62. The van der Waals surface area contributed by atoms with Crippen LogP contribution in [0.3, 0.4) is 0 Å². The van der Waals surface area contributed by atoms with Gasteiger partial charge in [0.25, 0.3) is 0 Å². The van der Waals surface area contributed by atoms with Crippen LogP contribution in [0.1, 0.15) is 44.2 Å². The Bertz CT molecular complexity index is 602. The Morgan fingerprint density at radius 2 is 2.29 bits per heavy atom. The number of carbonyl (C=O) groups is 1. The van der Waals surface area contributed by atoms with E-state index in [0.717, 1.165) is 23.6 Å². The molecule has 4 nitrogen and oxygen atoms in total. The lowest BCUT2D eigenvalue weighted by atomic mass is 10.1. The average Bonchev–Trinajstić information content (AvgIpc) is 3.17. The molecule has 110 valence electrons. The average molecular weight is 283 g/mol. The van der Waals surface area contributed by atoms with Gasteiger partial charge in [-0.1, -0.05) is 25.0 Å². The van der Waals surface area contributed by atoms with Gasteiger partial charge in [-0.05, 0) is 43.0 Å². The zero-order chi connectivity index (χ0) is 14.7. The van der Waals surface area contributed by atoms with Crippen LogP contribution in [0.5, 0.6) is 0 Å². The largest absolute Gasteiger partial charge is 0.350 e. The van der Waals surface area contributed by atoms with Crippen molar-refractivity contribution in [1.29, 1.82) is 0 Å². The lowest BCUT2D eigenvalue weighted by Gasteiger charge is -2.15. The van der Waals surface area contributed by atoms with Crippen LogP contribution in [0.25, 0.3) is 5.69 Å². The van der Waals surface area contributed by atoms with Crippen molar-refractivity contribution in [2.75, 3.05) is 0 Å². The normalized spacial score (nSPS) is 15.7. The smallest absolute Gasteiger partial charge is 0.220 e. The van der Waals surface area contributed by atoms with E-state index in [1.807, 2.05) is 42.1 Å². The lowest BCUT2D eigenvalue weighted by Crippen LogP contribution is -2.26. The zero-order valence-corrected chi connectivity index (χ0v) is 12.3. The van der Waals surface area contributed by atoms with E-state index >= 15 is 0 Å². The molecule has 1 aromatic carbocycles. The summed E-state index contributed by atoms with van der Waals surface area (Å²) in [6.45, 7) is 2.03. The number of amides is 1. The standard InChI is InChI=1S/C17H21N3O/c1-13(19-17(21)9-8-14-6-7-14)15-4-2-5-16(12-15)20-11-3-10-18-20/h2-5,10-14H,6-9H2,1H3,(H,19,21)/t13-/m0/s1. The van der Waals surface area contributed by atoms with Crippen molar-refractivity contribution < 1.29 is 4.79 Å². The number of nitrogens with zero attached hydrogens (tertiary/aromatic N) is 2. The Hall–Kier alpha value is -2.10. The van der Waals surface area contributed by atoms with Crippen molar-refractivity contribution in [3.8, 4) is 5.69 Å². The SMILES string of the molecule is C[C@H](NC(=O)CCC1CC1)c1cccc(-n2cccn2)c1. The molecule has 0 spiro atoms. The first-order valence-electron chi connectivity index (χ1n) is 7.62. The third-order valence-electron chi connectivity index (χ3n) is 3.99. The predicted molar refractivity (Wildman–Crippen MR) is 82.1 cm³/mol. The summed E-state index contributed by atoms with van der Waals surface area (Å²) in [7, 11) is 0. The summed E-state index contributed by atoms with van der Waals surface area (Å²) >= 11 is 0. The molecular formula is C17H21N3O. The molecule has 3 rings (SSSR count). The highest BCUT2D eigenvalue weighted by Crippen LogP contribution is 2.33. The molecule has 4 heteroatoms. The van der Waals surface area contributed by atoms with Crippen LogP contribution < -0.4 is 5.32 Å². The summed E-state index contributed by atoms with van der Waals surface area (Å²) in [6.07, 6.45) is 7.96. The maximum Gasteiger partial charge on any atom is 0.220 e. The fraction of sp³-hybridized carbons (Fsp3) is 0.412. The fourth-order valence-electron chi connectivity index (χ4n) is 2.50. The molecule has 1 amide bonds. The van der Waals surface area contributed by atoms with Crippen LogP contribution in [-0.4, -0.2) is 15.7 Å². The van der Waals surface area contributed by atoms with Gasteiger partial charge in [0.1, 0.15) is 0 Å². The molecule has 1 saturated carbocycles. The number of hydrogen-bond acceptors (Lipinski definition) is 2. The van der Waals surface area contributed by atoms with Crippen molar-refractivity contribution in [2.24, 2.45) is 5.92 Å². The van der Waals surface area contributed by atoms with Gasteiger partial charge in [-0.25, -0.2) is 4.68 Å². The van der Waals surface area contributed by atoms with Crippen LogP contribution >= 0.6 is 0 Å². The highest BCUT2D eigenvalue weighted by Gasteiger charge is 2.22. The van der Waals surface area contributed by atoms with E-state index < -0.39 is 0 Å².